The van der Waals surface area contributed by atoms with Gasteiger partial charge in [0.1, 0.15) is 0 Å². The second kappa shape index (κ2) is 3.23. The number of rotatable bonds is 0. The molecule has 0 radical (unpaired) electrons. The van der Waals surface area contributed by atoms with Crippen LogP contribution in [-0.2, 0) is 0 Å². The van der Waals surface area contributed by atoms with Crippen LogP contribution in [0, 0.1) is 11.3 Å². The van der Waals surface area contributed by atoms with E-state index in [1.165, 1.54) is 38.8 Å². The van der Waals surface area contributed by atoms with Gasteiger partial charge in [0, 0.05) is 18.6 Å². The molecule has 1 saturated carbocycles. The maximum atomic E-state index is 2.64. The molecular weight excluding hydrogens is 170 g/mol. The Bertz CT molecular complexity index is 198. The second-order valence-corrected chi connectivity index (χ2v) is 6.71. The van der Waals surface area contributed by atoms with Crippen molar-refractivity contribution in [1.29, 1.82) is 0 Å². The van der Waals surface area contributed by atoms with Crippen LogP contribution in [0.1, 0.15) is 53.4 Å². The molecule has 1 heteroatoms. The topological polar surface area (TPSA) is 3.24 Å². The summed E-state index contributed by atoms with van der Waals surface area (Å²) in [5, 5.41) is 0. The summed E-state index contributed by atoms with van der Waals surface area (Å²) in [7, 11) is 0. The molecule has 0 aromatic heterocycles. The van der Waals surface area contributed by atoms with Gasteiger partial charge >= 0.3 is 0 Å². The SMILES string of the molecule is CC1CCC2(CC1)CN(C(C)(C)C)C2. The summed E-state index contributed by atoms with van der Waals surface area (Å²) in [6.07, 6.45) is 5.91. The Kier molecular flexibility index (Phi) is 2.42. The van der Waals surface area contributed by atoms with Crippen LogP contribution in [0.5, 0.6) is 0 Å². The first-order valence-corrected chi connectivity index (χ1v) is 6.16. The lowest BCUT2D eigenvalue weighted by atomic mass is 9.65. The maximum absolute atomic E-state index is 2.64. The van der Waals surface area contributed by atoms with E-state index in [9.17, 15) is 0 Å². The Morgan fingerprint density at radius 1 is 1.07 bits per heavy atom. The minimum atomic E-state index is 0.397. The molecule has 2 aliphatic rings. The van der Waals surface area contributed by atoms with Crippen LogP contribution in [-0.4, -0.2) is 23.5 Å². The zero-order valence-electron chi connectivity index (χ0n) is 10.3. The Balaban J connectivity index is 1.87. The standard InChI is InChI=1S/C13H25N/c1-11-5-7-13(8-6-11)9-14(10-13)12(2,3)4/h11H,5-10H2,1-4H3. The number of hydrogen-bond acceptors (Lipinski definition) is 1. The summed E-state index contributed by atoms with van der Waals surface area (Å²) >= 11 is 0. The maximum Gasteiger partial charge on any atom is 0.0125 e. The summed E-state index contributed by atoms with van der Waals surface area (Å²) in [5.41, 5.74) is 1.13. The third-order valence-electron chi connectivity index (χ3n) is 4.34. The molecule has 0 amide bonds. The van der Waals surface area contributed by atoms with Crippen molar-refractivity contribution in [3.05, 3.63) is 0 Å². The van der Waals surface area contributed by atoms with Crippen LogP contribution in [0.2, 0.25) is 0 Å². The van der Waals surface area contributed by atoms with E-state index < -0.39 is 0 Å². The van der Waals surface area contributed by atoms with Crippen molar-refractivity contribution < 1.29 is 0 Å². The molecule has 0 unspecified atom stereocenters. The fourth-order valence-electron chi connectivity index (χ4n) is 2.93. The zero-order valence-corrected chi connectivity index (χ0v) is 10.3. The van der Waals surface area contributed by atoms with Crippen molar-refractivity contribution >= 4 is 0 Å². The molecule has 82 valence electrons. The van der Waals surface area contributed by atoms with Crippen molar-refractivity contribution in [3.63, 3.8) is 0 Å². The molecule has 2 fully saturated rings. The summed E-state index contributed by atoms with van der Waals surface area (Å²) in [4.78, 5) is 2.64. The zero-order chi connectivity index (χ0) is 10.4. The average Bonchev–Trinajstić information content (AvgIpc) is 2.00. The van der Waals surface area contributed by atoms with Gasteiger partial charge in [-0.05, 0) is 44.9 Å². The Morgan fingerprint density at radius 2 is 1.57 bits per heavy atom. The van der Waals surface area contributed by atoms with Crippen molar-refractivity contribution in [2.24, 2.45) is 11.3 Å². The second-order valence-electron chi connectivity index (χ2n) is 6.71. The molecule has 1 nitrogen and oxygen atoms in total. The van der Waals surface area contributed by atoms with E-state index >= 15 is 0 Å². The van der Waals surface area contributed by atoms with Gasteiger partial charge in [-0.3, -0.25) is 4.90 Å². The lowest BCUT2D eigenvalue weighted by molar-refractivity contribution is -0.0840. The van der Waals surface area contributed by atoms with Crippen LogP contribution in [0.15, 0.2) is 0 Å². The highest BCUT2D eigenvalue weighted by Gasteiger charge is 2.47. The number of likely N-dealkylation sites (tertiary alicyclic amines) is 1. The monoisotopic (exact) mass is 195 g/mol. The van der Waals surface area contributed by atoms with E-state index in [0.717, 1.165) is 11.3 Å². The molecule has 0 bridgehead atoms. The van der Waals surface area contributed by atoms with Gasteiger partial charge in [-0.2, -0.15) is 0 Å². The van der Waals surface area contributed by atoms with Gasteiger partial charge < -0.3 is 0 Å². The van der Waals surface area contributed by atoms with Gasteiger partial charge in [0.2, 0.25) is 0 Å². The van der Waals surface area contributed by atoms with Gasteiger partial charge in [-0.15, -0.1) is 0 Å². The van der Waals surface area contributed by atoms with Crippen LogP contribution < -0.4 is 0 Å². The molecule has 1 heterocycles. The van der Waals surface area contributed by atoms with Gasteiger partial charge in [0.05, 0.1) is 0 Å². The minimum Gasteiger partial charge on any atom is -0.297 e. The fourth-order valence-corrected chi connectivity index (χ4v) is 2.93. The summed E-state index contributed by atoms with van der Waals surface area (Å²) < 4.78 is 0. The summed E-state index contributed by atoms with van der Waals surface area (Å²) in [5.74, 6) is 0.990. The van der Waals surface area contributed by atoms with Gasteiger partial charge in [-0.1, -0.05) is 19.8 Å². The third kappa shape index (κ3) is 1.84. The Morgan fingerprint density at radius 3 is 2.00 bits per heavy atom. The highest BCUT2D eigenvalue weighted by molar-refractivity contribution is 5.01. The first-order valence-electron chi connectivity index (χ1n) is 6.16. The van der Waals surface area contributed by atoms with E-state index in [0.29, 0.717) is 5.54 Å². The summed E-state index contributed by atoms with van der Waals surface area (Å²) in [6, 6.07) is 0. The molecule has 0 N–H and O–H groups in total. The summed E-state index contributed by atoms with van der Waals surface area (Å²) in [6.45, 7) is 12.2. The predicted octanol–water partition coefficient (Wildman–Crippen LogP) is 3.30. The van der Waals surface area contributed by atoms with Crippen molar-refractivity contribution in [3.8, 4) is 0 Å². The molecule has 14 heavy (non-hydrogen) atoms. The Hall–Kier alpha value is -0.0400. The third-order valence-corrected chi connectivity index (χ3v) is 4.34. The average molecular weight is 195 g/mol. The van der Waals surface area contributed by atoms with Crippen molar-refractivity contribution in [2.75, 3.05) is 13.1 Å². The number of hydrogen-bond donors (Lipinski definition) is 0. The Labute approximate surface area is 88.9 Å². The highest BCUT2D eigenvalue weighted by Crippen LogP contribution is 2.47. The molecule has 2 rings (SSSR count). The smallest absolute Gasteiger partial charge is 0.0125 e. The van der Waals surface area contributed by atoms with E-state index in [1.54, 1.807) is 0 Å². The fraction of sp³-hybridized carbons (Fsp3) is 1.00. The molecule has 0 aromatic rings. The van der Waals surface area contributed by atoms with Crippen LogP contribution >= 0.6 is 0 Å². The first kappa shape index (κ1) is 10.5. The predicted molar refractivity (Wildman–Crippen MR) is 61.4 cm³/mol. The number of nitrogens with zero attached hydrogens (tertiary/aromatic N) is 1. The van der Waals surface area contributed by atoms with Gasteiger partial charge in [-0.25, -0.2) is 0 Å². The lowest BCUT2D eigenvalue weighted by Gasteiger charge is -2.58. The lowest BCUT2D eigenvalue weighted by Crippen LogP contribution is -2.63. The van der Waals surface area contributed by atoms with E-state index in [-0.39, 0.29) is 0 Å². The molecule has 1 aliphatic heterocycles. The molecule has 1 aliphatic carbocycles. The molecular formula is C13H25N. The largest absolute Gasteiger partial charge is 0.297 e. The van der Waals surface area contributed by atoms with Crippen LogP contribution in [0.3, 0.4) is 0 Å². The molecule has 0 atom stereocenters. The normalized spacial score (nSPS) is 29.1. The van der Waals surface area contributed by atoms with Crippen LogP contribution in [0.25, 0.3) is 0 Å². The van der Waals surface area contributed by atoms with Crippen molar-refractivity contribution in [1.82, 2.24) is 4.90 Å². The first-order chi connectivity index (χ1) is 6.41. The highest BCUT2D eigenvalue weighted by atomic mass is 15.3. The van der Waals surface area contributed by atoms with E-state index in [2.05, 4.69) is 32.6 Å². The van der Waals surface area contributed by atoms with E-state index in [4.69, 9.17) is 0 Å². The quantitative estimate of drug-likeness (QED) is 0.573. The van der Waals surface area contributed by atoms with Crippen LogP contribution in [0.4, 0.5) is 0 Å². The van der Waals surface area contributed by atoms with Gasteiger partial charge in [0.15, 0.2) is 0 Å². The van der Waals surface area contributed by atoms with Gasteiger partial charge in [0.25, 0.3) is 0 Å². The molecule has 0 aromatic carbocycles. The minimum absolute atomic E-state index is 0.397. The van der Waals surface area contributed by atoms with E-state index in [1.807, 2.05) is 0 Å². The van der Waals surface area contributed by atoms with Crippen molar-refractivity contribution in [2.45, 2.75) is 58.9 Å². The molecule has 1 saturated heterocycles. The molecule has 1 spiro atoms.